The van der Waals surface area contributed by atoms with E-state index in [0.29, 0.717) is 11.6 Å². The first-order valence-corrected chi connectivity index (χ1v) is 13.3. The Hall–Kier alpha value is -4.04. The molecule has 0 aliphatic carbocycles. The van der Waals surface area contributed by atoms with E-state index in [0.717, 1.165) is 41.6 Å². The van der Waals surface area contributed by atoms with Crippen LogP contribution in [0.1, 0.15) is 32.9 Å². The molecular weight excluding hydrogens is 608 g/mol. The number of carbonyl (C=O) groups is 2. The fraction of sp³-hybridized carbons (Fsp3) is 0.185. The number of thioether (sulfide) groups is 1. The Labute approximate surface area is 244 Å². The second-order valence-electron chi connectivity index (χ2n) is 8.86. The maximum Gasteiger partial charge on any atom is 0.416 e. The molecule has 0 spiro atoms. The normalized spacial score (nSPS) is 11.8. The van der Waals surface area contributed by atoms with E-state index in [1.807, 2.05) is 13.0 Å². The van der Waals surface area contributed by atoms with Crippen molar-refractivity contribution in [2.45, 2.75) is 31.0 Å². The molecule has 7 nitrogen and oxygen atoms in total. The molecule has 42 heavy (non-hydrogen) atoms. The zero-order valence-corrected chi connectivity index (χ0v) is 23.0. The molecule has 0 radical (unpaired) electrons. The highest BCUT2D eigenvalue weighted by atomic mass is 35.5. The fourth-order valence-corrected chi connectivity index (χ4v) is 4.69. The quantitative estimate of drug-likeness (QED) is 0.163. The molecule has 2 N–H and O–H groups in total. The number of aromatic nitrogens is 3. The van der Waals surface area contributed by atoms with Gasteiger partial charge >= 0.3 is 12.4 Å². The number of carbonyl (C=O) groups excluding carboxylic acids is 2. The molecule has 4 aromatic rings. The molecule has 0 aliphatic heterocycles. The lowest BCUT2D eigenvalue weighted by Crippen LogP contribution is -2.24. The van der Waals surface area contributed by atoms with Crippen molar-refractivity contribution in [1.29, 1.82) is 0 Å². The Kier molecular flexibility index (Phi) is 9.16. The zero-order chi connectivity index (χ0) is 30.7. The number of halogens is 7. The third kappa shape index (κ3) is 7.62. The van der Waals surface area contributed by atoms with Crippen molar-refractivity contribution in [1.82, 2.24) is 20.1 Å². The number of aryl methyl sites for hydroxylation is 1. The topological polar surface area (TPSA) is 88.9 Å². The van der Waals surface area contributed by atoms with Gasteiger partial charge in [-0.15, -0.1) is 10.2 Å². The first-order valence-electron chi connectivity index (χ1n) is 12.0. The molecule has 0 atom stereocenters. The van der Waals surface area contributed by atoms with Gasteiger partial charge in [-0.25, -0.2) is 0 Å². The molecule has 0 unspecified atom stereocenters. The van der Waals surface area contributed by atoms with Crippen molar-refractivity contribution in [2.24, 2.45) is 0 Å². The van der Waals surface area contributed by atoms with Gasteiger partial charge in [0.15, 0.2) is 11.0 Å². The lowest BCUT2D eigenvalue weighted by molar-refractivity contribution is -0.138. The van der Waals surface area contributed by atoms with Crippen LogP contribution in [0, 0.1) is 6.92 Å². The monoisotopic (exact) mass is 627 g/mol. The summed E-state index contributed by atoms with van der Waals surface area (Å²) in [6, 6.07) is 13.5. The highest BCUT2D eigenvalue weighted by Crippen LogP contribution is 2.34. The summed E-state index contributed by atoms with van der Waals surface area (Å²) in [6.45, 7) is 1.59. The minimum atomic E-state index is -4.66. The van der Waals surface area contributed by atoms with Crippen molar-refractivity contribution in [3.8, 4) is 5.69 Å². The molecule has 15 heteroatoms. The molecule has 4 rings (SSSR count). The van der Waals surface area contributed by atoms with Crippen LogP contribution in [0.4, 0.5) is 32.0 Å². The predicted molar refractivity (Wildman–Crippen MR) is 145 cm³/mol. The van der Waals surface area contributed by atoms with Crippen LogP contribution >= 0.6 is 23.4 Å². The Morgan fingerprint density at radius 1 is 0.905 bits per heavy atom. The van der Waals surface area contributed by atoms with Crippen LogP contribution in [0.15, 0.2) is 71.9 Å². The van der Waals surface area contributed by atoms with Crippen molar-refractivity contribution in [3.63, 3.8) is 0 Å². The molecule has 2 amide bonds. The van der Waals surface area contributed by atoms with E-state index in [-0.39, 0.29) is 33.9 Å². The number of nitrogens with zero attached hydrogens (tertiary/aromatic N) is 3. The molecular formula is C27H20ClF6N5O2S. The van der Waals surface area contributed by atoms with E-state index in [2.05, 4.69) is 20.8 Å². The third-order valence-corrected chi connectivity index (χ3v) is 6.98. The molecule has 0 fully saturated rings. The van der Waals surface area contributed by atoms with Crippen molar-refractivity contribution < 1.29 is 35.9 Å². The van der Waals surface area contributed by atoms with E-state index >= 15 is 0 Å². The first-order chi connectivity index (χ1) is 19.7. The zero-order valence-electron chi connectivity index (χ0n) is 21.5. The summed E-state index contributed by atoms with van der Waals surface area (Å²) in [4.78, 5) is 25.3. The van der Waals surface area contributed by atoms with Crippen molar-refractivity contribution in [3.05, 3.63) is 99.8 Å². The highest BCUT2D eigenvalue weighted by Gasteiger charge is 2.32. The van der Waals surface area contributed by atoms with Gasteiger partial charge in [0.2, 0.25) is 5.91 Å². The molecule has 220 valence electrons. The van der Waals surface area contributed by atoms with Crippen molar-refractivity contribution in [2.75, 3.05) is 11.1 Å². The summed E-state index contributed by atoms with van der Waals surface area (Å²) in [7, 11) is 0. The van der Waals surface area contributed by atoms with Gasteiger partial charge in [-0.2, -0.15) is 26.3 Å². The number of nitrogens with one attached hydrogen (secondary N) is 2. The van der Waals surface area contributed by atoms with Crippen LogP contribution < -0.4 is 10.6 Å². The van der Waals surface area contributed by atoms with Gasteiger partial charge in [-0.1, -0.05) is 47.1 Å². The number of amides is 2. The number of benzene rings is 3. The fourth-order valence-electron chi connectivity index (χ4n) is 3.75. The van der Waals surface area contributed by atoms with E-state index in [1.165, 1.54) is 16.7 Å². The Balaban J connectivity index is 1.57. The summed E-state index contributed by atoms with van der Waals surface area (Å²) in [5.41, 5.74) is -1.01. The summed E-state index contributed by atoms with van der Waals surface area (Å²) in [6.07, 6.45) is -9.31. The Morgan fingerprint density at radius 3 is 2.29 bits per heavy atom. The first kappa shape index (κ1) is 30.9. The highest BCUT2D eigenvalue weighted by molar-refractivity contribution is 7.99. The lowest BCUT2D eigenvalue weighted by atomic mass is 10.1. The van der Waals surface area contributed by atoms with Crippen LogP contribution in [0.2, 0.25) is 5.02 Å². The van der Waals surface area contributed by atoms with E-state index in [4.69, 9.17) is 11.6 Å². The second kappa shape index (κ2) is 12.4. The number of anilines is 1. The van der Waals surface area contributed by atoms with Gasteiger partial charge in [0.05, 0.1) is 39.8 Å². The summed E-state index contributed by atoms with van der Waals surface area (Å²) in [5.74, 6) is -1.55. The van der Waals surface area contributed by atoms with Gasteiger partial charge in [0, 0.05) is 5.56 Å². The molecule has 3 aromatic carbocycles. The number of hydrogen-bond donors (Lipinski definition) is 2. The van der Waals surface area contributed by atoms with E-state index in [1.54, 1.807) is 18.2 Å². The van der Waals surface area contributed by atoms with Gasteiger partial charge in [0.1, 0.15) is 0 Å². The minimum Gasteiger partial charge on any atom is -0.345 e. The average molecular weight is 628 g/mol. The molecule has 0 saturated carbocycles. The van der Waals surface area contributed by atoms with Crippen LogP contribution in [-0.4, -0.2) is 32.3 Å². The smallest absolute Gasteiger partial charge is 0.345 e. The molecule has 0 bridgehead atoms. The van der Waals surface area contributed by atoms with Gasteiger partial charge in [0.25, 0.3) is 5.91 Å². The predicted octanol–water partition coefficient (Wildman–Crippen LogP) is 6.93. The molecule has 0 aliphatic rings. The third-order valence-electron chi connectivity index (χ3n) is 5.72. The van der Waals surface area contributed by atoms with Crippen LogP contribution in [0.5, 0.6) is 0 Å². The standard InChI is InChI=1S/C27H20ClF6N5O2S/c1-15-4-2-5-16(10-15)24(41)35-13-22-37-38-25(39(22)19-7-3-6-17(11-19)26(29,30)31)42-14-23(40)36-21-12-18(27(32,33)34)8-9-20(21)28/h2-12H,13-14H2,1H3,(H,35,41)(H,36,40). The molecule has 1 aromatic heterocycles. The van der Waals surface area contributed by atoms with Gasteiger partial charge in [-0.05, 0) is 55.5 Å². The maximum absolute atomic E-state index is 13.4. The summed E-state index contributed by atoms with van der Waals surface area (Å²) in [5, 5.41) is 12.8. The van der Waals surface area contributed by atoms with Crippen molar-refractivity contribution >= 4 is 40.9 Å². The Morgan fingerprint density at radius 2 is 1.60 bits per heavy atom. The van der Waals surface area contributed by atoms with Crippen LogP contribution in [0.3, 0.4) is 0 Å². The van der Waals surface area contributed by atoms with E-state index in [9.17, 15) is 35.9 Å². The number of rotatable bonds is 8. The SMILES string of the molecule is Cc1cccc(C(=O)NCc2nnc(SCC(=O)Nc3cc(C(F)(F)F)ccc3Cl)n2-c2cccc(C(F)(F)F)c2)c1. The number of alkyl halides is 6. The minimum absolute atomic E-state index is 0.000539. The molecule has 0 saturated heterocycles. The maximum atomic E-state index is 13.4. The van der Waals surface area contributed by atoms with Crippen LogP contribution in [0.25, 0.3) is 5.69 Å². The summed E-state index contributed by atoms with van der Waals surface area (Å²) < 4.78 is 80.8. The number of hydrogen-bond acceptors (Lipinski definition) is 5. The Bertz CT molecular complexity index is 1620. The largest absolute Gasteiger partial charge is 0.416 e. The second-order valence-corrected chi connectivity index (χ2v) is 10.2. The molecule has 1 heterocycles. The van der Waals surface area contributed by atoms with Gasteiger partial charge in [-0.3, -0.25) is 14.2 Å². The average Bonchev–Trinajstić information content (AvgIpc) is 3.33. The van der Waals surface area contributed by atoms with Crippen LogP contribution in [-0.2, 0) is 23.7 Å². The summed E-state index contributed by atoms with van der Waals surface area (Å²) >= 11 is 6.71. The lowest BCUT2D eigenvalue weighted by Gasteiger charge is -2.14. The van der Waals surface area contributed by atoms with Gasteiger partial charge < -0.3 is 10.6 Å². The van der Waals surface area contributed by atoms with E-state index < -0.39 is 41.0 Å².